The summed E-state index contributed by atoms with van der Waals surface area (Å²) < 4.78 is 2.08. The lowest BCUT2D eigenvalue weighted by Gasteiger charge is -2.20. The van der Waals surface area contributed by atoms with Gasteiger partial charge in [-0.1, -0.05) is 60.7 Å². The molecule has 0 saturated heterocycles. The number of rotatable bonds is 6. The smallest absolute Gasteiger partial charge is 0.0946 e. The van der Waals surface area contributed by atoms with Crippen LogP contribution in [0.5, 0.6) is 0 Å². The number of hydrogen-bond donors (Lipinski definition) is 1. The lowest BCUT2D eigenvalue weighted by Crippen LogP contribution is -2.26. The molecule has 1 N–H and O–H groups in total. The third-order valence-corrected chi connectivity index (χ3v) is 3.54. The number of hydrogen-bond acceptors (Lipinski definition) is 2. The van der Waals surface area contributed by atoms with E-state index in [0.717, 1.165) is 13.1 Å². The van der Waals surface area contributed by atoms with Crippen LogP contribution in [0.1, 0.15) is 17.2 Å². The summed E-state index contributed by atoms with van der Waals surface area (Å²) in [6.07, 6.45) is 5.65. The van der Waals surface area contributed by atoms with Gasteiger partial charge in [0.2, 0.25) is 0 Å². The molecule has 106 valence electrons. The Bertz CT molecular complexity index is 593. The van der Waals surface area contributed by atoms with Gasteiger partial charge < -0.3 is 9.88 Å². The molecule has 1 heterocycles. The van der Waals surface area contributed by atoms with Crippen LogP contribution < -0.4 is 5.32 Å². The van der Waals surface area contributed by atoms with Crippen molar-refractivity contribution in [2.24, 2.45) is 0 Å². The average molecular weight is 277 g/mol. The lowest BCUT2D eigenvalue weighted by molar-refractivity contribution is 0.550. The molecule has 21 heavy (non-hydrogen) atoms. The second kappa shape index (κ2) is 6.86. The van der Waals surface area contributed by atoms with Crippen LogP contribution in [0, 0.1) is 0 Å². The van der Waals surface area contributed by atoms with E-state index in [1.807, 2.05) is 18.7 Å². The number of nitrogens with zero attached hydrogens (tertiary/aromatic N) is 2. The minimum atomic E-state index is 0.218. The first kappa shape index (κ1) is 13.6. The Kier molecular flexibility index (Phi) is 4.44. The van der Waals surface area contributed by atoms with Crippen LogP contribution in [0.25, 0.3) is 0 Å². The highest BCUT2D eigenvalue weighted by molar-refractivity contribution is 5.31. The first-order valence-corrected chi connectivity index (χ1v) is 7.22. The molecule has 1 aromatic heterocycles. The number of benzene rings is 2. The zero-order valence-electron chi connectivity index (χ0n) is 11.9. The summed E-state index contributed by atoms with van der Waals surface area (Å²) in [7, 11) is 0. The van der Waals surface area contributed by atoms with Crippen LogP contribution >= 0.6 is 0 Å². The van der Waals surface area contributed by atoms with E-state index in [1.54, 1.807) is 0 Å². The fourth-order valence-corrected chi connectivity index (χ4v) is 2.48. The van der Waals surface area contributed by atoms with Gasteiger partial charge in [-0.05, 0) is 11.1 Å². The molecule has 3 rings (SSSR count). The van der Waals surface area contributed by atoms with E-state index < -0.39 is 0 Å². The zero-order valence-corrected chi connectivity index (χ0v) is 11.9. The largest absolute Gasteiger partial charge is 0.336 e. The van der Waals surface area contributed by atoms with E-state index in [-0.39, 0.29) is 6.04 Å². The second-order valence-corrected chi connectivity index (χ2v) is 5.01. The number of imidazole rings is 1. The van der Waals surface area contributed by atoms with E-state index >= 15 is 0 Å². The Morgan fingerprint density at radius 3 is 2.05 bits per heavy atom. The van der Waals surface area contributed by atoms with E-state index in [1.165, 1.54) is 11.1 Å². The Balaban J connectivity index is 1.73. The van der Waals surface area contributed by atoms with Gasteiger partial charge in [-0.3, -0.25) is 0 Å². The summed E-state index contributed by atoms with van der Waals surface area (Å²) >= 11 is 0. The molecule has 0 aliphatic heterocycles. The molecule has 0 aliphatic carbocycles. The van der Waals surface area contributed by atoms with E-state index in [2.05, 4.69) is 75.5 Å². The standard InChI is InChI=1S/C18H19N3/c1-3-7-16(8-4-1)18(17-9-5-2-6-10-17)20-12-14-21-13-11-19-15-21/h1-11,13,15,18,20H,12,14H2. The van der Waals surface area contributed by atoms with Crippen molar-refractivity contribution in [3.8, 4) is 0 Å². The molecule has 3 heteroatoms. The van der Waals surface area contributed by atoms with Gasteiger partial charge in [0.1, 0.15) is 0 Å². The highest BCUT2D eigenvalue weighted by Gasteiger charge is 2.12. The molecule has 3 nitrogen and oxygen atoms in total. The van der Waals surface area contributed by atoms with Crippen molar-refractivity contribution in [2.45, 2.75) is 12.6 Å². The fourth-order valence-electron chi connectivity index (χ4n) is 2.48. The molecule has 0 aliphatic rings. The highest BCUT2D eigenvalue weighted by Crippen LogP contribution is 2.21. The maximum atomic E-state index is 4.07. The minimum Gasteiger partial charge on any atom is -0.336 e. The van der Waals surface area contributed by atoms with Crippen molar-refractivity contribution >= 4 is 0 Å². The molecule has 0 unspecified atom stereocenters. The van der Waals surface area contributed by atoms with Crippen molar-refractivity contribution in [3.05, 3.63) is 90.5 Å². The third kappa shape index (κ3) is 3.58. The summed E-state index contributed by atoms with van der Waals surface area (Å²) in [5.74, 6) is 0. The molecule has 0 spiro atoms. The first-order chi connectivity index (χ1) is 10.4. The summed E-state index contributed by atoms with van der Waals surface area (Å²) in [5.41, 5.74) is 2.57. The molecule has 0 saturated carbocycles. The Hall–Kier alpha value is -2.39. The van der Waals surface area contributed by atoms with Gasteiger partial charge in [-0.15, -0.1) is 0 Å². The number of nitrogens with one attached hydrogen (secondary N) is 1. The van der Waals surface area contributed by atoms with Gasteiger partial charge in [0.05, 0.1) is 12.4 Å². The minimum absolute atomic E-state index is 0.218. The van der Waals surface area contributed by atoms with Crippen molar-refractivity contribution in [1.82, 2.24) is 14.9 Å². The maximum Gasteiger partial charge on any atom is 0.0946 e. The Morgan fingerprint density at radius 2 is 1.52 bits per heavy atom. The first-order valence-electron chi connectivity index (χ1n) is 7.22. The van der Waals surface area contributed by atoms with Crippen molar-refractivity contribution < 1.29 is 0 Å². The van der Waals surface area contributed by atoms with Gasteiger partial charge in [-0.2, -0.15) is 0 Å². The van der Waals surface area contributed by atoms with Gasteiger partial charge in [0, 0.05) is 25.5 Å². The van der Waals surface area contributed by atoms with Crippen molar-refractivity contribution in [2.75, 3.05) is 6.54 Å². The predicted molar refractivity (Wildman–Crippen MR) is 85.0 cm³/mol. The molecule has 0 bridgehead atoms. The van der Waals surface area contributed by atoms with Crippen LogP contribution in [0.15, 0.2) is 79.4 Å². The van der Waals surface area contributed by atoms with Gasteiger partial charge >= 0.3 is 0 Å². The normalized spacial score (nSPS) is 10.9. The van der Waals surface area contributed by atoms with Gasteiger partial charge in [-0.25, -0.2) is 4.98 Å². The van der Waals surface area contributed by atoms with Crippen LogP contribution in [-0.2, 0) is 6.54 Å². The SMILES string of the molecule is c1ccc(C(NCCn2ccnc2)c2ccccc2)cc1. The molecule has 0 atom stereocenters. The summed E-state index contributed by atoms with van der Waals surface area (Å²) in [6, 6.07) is 21.3. The van der Waals surface area contributed by atoms with E-state index in [0.29, 0.717) is 0 Å². The lowest BCUT2D eigenvalue weighted by atomic mass is 9.99. The van der Waals surface area contributed by atoms with Crippen molar-refractivity contribution in [1.29, 1.82) is 0 Å². The Morgan fingerprint density at radius 1 is 0.905 bits per heavy atom. The second-order valence-electron chi connectivity index (χ2n) is 5.01. The molecule has 2 aromatic carbocycles. The van der Waals surface area contributed by atoms with E-state index in [9.17, 15) is 0 Å². The van der Waals surface area contributed by atoms with Crippen LogP contribution in [0.4, 0.5) is 0 Å². The Labute approximate surface area is 125 Å². The summed E-state index contributed by atoms with van der Waals surface area (Å²) in [6.45, 7) is 1.81. The molecular weight excluding hydrogens is 258 g/mol. The van der Waals surface area contributed by atoms with Gasteiger partial charge in [0.15, 0.2) is 0 Å². The van der Waals surface area contributed by atoms with Gasteiger partial charge in [0.25, 0.3) is 0 Å². The van der Waals surface area contributed by atoms with Crippen LogP contribution in [0.3, 0.4) is 0 Å². The fraction of sp³-hybridized carbons (Fsp3) is 0.167. The quantitative estimate of drug-likeness (QED) is 0.749. The number of aromatic nitrogens is 2. The molecule has 0 fully saturated rings. The summed E-state index contributed by atoms with van der Waals surface area (Å²) in [4.78, 5) is 4.07. The van der Waals surface area contributed by atoms with Crippen LogP contribution in [0.2, 0.25) is 0 Å². The van der Waals surface area contributed by atoms with E-state index in [4.69, 9.17) is 0 Å². The predicted octanol–water partition coefficient (Wildman–Crippen LogP) is 3.26. The monoisotopic (exact) mass is 277 g/mol. The van der Waals surface area contributed by atoms with Crippen LogP contribution in [-0.4, -0.2) is 16.1 Å². The molecule has 0 radical (unpaired) electrons. The summed E-state index contributed by atoms with van der Waals surface area (Å²) in [5, 5.41) is 3.64. The molecular formula is C18H19N3. The molecule has 0 amide bonds. The van der Waals surface area contributed by atoms with Crippen molar-refractivity contribution in [3.63, 3.8) is 0 Å². The zero-order chi connectivity index (χ0) is 14.3. The average Bonchev–Trinajstić information content (AvgIpc) is 3.07. The topological polar surface area (TPSA) is 29.9 Å². The maximum absolute atomic E-state index is 4.07. The third-order valence-electron chi connectivity index (χ3n) is 3.54. The highest BCUT2D eigenvalue weighted by atomic mass is 15.0. The molecule has 3 aromatic rings.